The third-order valence-electron chi connectivity index (χ3n) is 2.27. The summed E-state index contributed by atoms with van der Waals surface area (Å²) in [6.45, 7) is 0.570. The molecule has 2 aromatic heterocycles. The highest BCUT2D eigenvalue weighted by Crippen LogP contribution is 2.25. The molecule has 0 atom stereocenters. The van der Waals surface area contributed by atoms with Crippen LogP contribution in [0.5, 0.6) is 0 Å². The molecular weight excluding hydrogens is 272 g/mol. The predicted octanol–water partition coefficient (Wildman–Crippen LogP) is 1.24. The summed E-state index contributed by atoms with van der Waals surface area (Å²) >= 11 is 3.07. The highest BCUT2D eigenvalue weighted by molar-refractivity contribution is 7.99. The number of aliphatic hydroxyl groups is 1. The Morgan fingerprint density at radius 1 is 1.33 bits per heavy atom. The molecule has 0 unspecified atom stereocenters. The molecule has 0 aliphatic heterocycles. The first-order valence-corrected chi connectivity index (χ1v) is 7.75. The molecule has 0 aliphatic rings. The zero-order valence-electron chi connectivity index (χ0n) is 10.2. The van der Waals surface area contributed by atoms with Gasteiger partial charge in [-0.15, -0.1) is 11.8 Å². The van der Waals surface area contributed by atoms with Crippen molar-refractivity contribution in [3.63, 3.8) is 0 Å². The van der Waals surface area contributed by atoms with Crippen LogP contribution < -0.4 is 0 Å². The molecular formula is C10H14N4O2S2. The molecule has 2 aromatic rings. The van der Waals surface area contributed by atoms with E-state index in [1.165, 1.54) is 11.8 Å². The summed E-state index contributed by atoms with van der Waals surface area (Å²) < 4.78 is 6.93. The maximum absolute atomic E-state index is 8.69. The number of fused-ring (bicyclic) bond motifs is 1. The summed E-state index contributed by atoms with van der Waals surface area (Å²) in [4.78, 5) is 8.87. The Kier molecular flexibility index (Phi) is 4.81. The predicted molar refractivity (Wildman–Crippen MR) is 71.9 cm³/mol. The van der Waals surface area contributed by atoms with Gasteiger partial charge in [-0.3, -0.25) is 0 Å². The molecule has 0 saturated heterocycles. The van der Waals surface area contributed by atoms with Crippen LogP contribution in [0.25, 0.3) is 11.0 Å². The van der Waals surface area contributed by atoms with Crippen molar-refractivity contribution in [2.24, 2.45) is 0 Å². The van der Waals surface area contributed by atoms with Crippen LogP contribution in [0.2, 0.25) is 0 Å². The number of nitrogens with zero attached hydrogens (tertiary/aromatic N) is 4. The van der Waals surface area contributed by atoms with E-state index in [1.54, 1.807) is 22.6 Å². The van der Waals surface area contributed by atoms with E-state index >= 15 is 0 Å². The van der Waals surface area contributed by atoms with Crippen molar-refractivity contribution in [1.29, 1.82) is 0 Å². The Bertz CT molecular complexity index is 532. The highest BCUT2D eigenvalue weighted by atomic mass is 32.2. The molecule has 98 valence electrons. The third kappa shape index (κ3) is 2.77. The largest absolute Gasteiger partial charge is 0.394 e. The summed E-state index contributed by atoms with van der Waals surface area (Å²) in [6.07, 6.45) is 5.66. The summed E-state index contributed by atoms with van der Waals surface area (Å²) in [5.41, 5.74) is 0.761. The minimum atomic E-state index is 0.000306. The number of thioether (sulfide) groups is 2. The van der Waals surface area contributed by atoms with Gasteiger partial charge in [-0.1, -0.05) is 11.8 Å². The van der Waals surface area contributed by atoms with Crippen molar-refractivity contribution < 1.29 is 9.84 Å². The van der Waals surface area contributed by atoms with Gasteiger partial charge in [-0.2, -0.15) is 5.10 Å². The molecule has 0 amide bonds. The zero-order valence-corrected chi connectivity index (χ0v) is 11.8. The summed E-state index contributed by atoms with van der Waals surface area (Å²) in [7, 11) is 0. The fourth-order valence-corrected chi connectivity index (χ4v) is 2.43. The number of hydrogen-bond donors (Lipinski definition) is 1. The van der Waals surface area contributed by atoms with Crippen LogP contribution in [0.4, 0.5) is 0 Å². The van der Waals surface area contributed by atoms with Gasteiger partial charge in [0, 0.05) is 0 Å². The van der Waals surface area contributed by atoms with E-state index in [4.69, 9.17) is 9.84 Å². The first-order valence-electron chi connectivity index (χ1n) is 5.30. The second kappa shape index (κ2) is 6.37. The van der Waals surface area contributed by atoms with Gasteiger partial charge in [0.1, 0.15) is 11.8 Å². The monoisotopic (exact) mass is 286 g/mol. The van der Waals surface area contributed by atoms with Gasteiger partial charge in [0.05, 0.1) is 24.8 Å². The molecule has 0 radical (unpaired) electrons. The SMILES string of the molecule is CSc1nc(SC)c2cnn(COCCO)c2n1. The second-order valence-electron chi connectivity index (χ2n) is 3.36. The van der Waals surface area contributed by atoms with Gasteiger partial charge in [0.15, 0.2) is 10.8 Å². The van der Waals surface area contributed by atoms with Crippen molar-refractivity contribution in [3.8, 4) is 0 Å². The van der Waals surface area contributed by atoms with Crippen LogP contribution in [0, 0.1) is 0 Å². The van der Waals surface area contributed by atoms with Crippen LogP contribution in [0.15, 0.2) is 16.4 Å². The van der Waals surface area contributed by atoms with Crippen molar-refractivity contribution in [3.05, 3.63) is 6.20 Å². The standard InChI is InChI=1S/C10H14N4O2S2/c1-17-9-7-5-11-14(6-16-4-3-15)8(7)12-10(13-9)18-2/h5,15H,3-4,6H2,1-2H3. The van der Waals surface area contributed by atoms with E-state index in [2.05, 4.69) is 15.1 Å². The fraction of sp³-hybridized carbons (Fsp3) is 0.500. The minimum Gasteiger partial charge on any atom is -0.394 e. The zero-order chi connectivity index (χ0) is 13.0. The highest BCUT2D eigenvalue weighted by Gasteiger charge is 2.11. The van der Waals surface area contributed by atoms with E-state index in [-0.39, 0.29) is 19.9 Å². The van der Waals surface area contributed by atoms with Crippen molar-refractivity contribution in [2.45, 2.75) is 16.9 Å². The number of aliphatic hydroxyl groups excluding tert-OH is 1. The van der Waals surface area contributed by atoms with Gasteiger partial charge in [0.2, 0.25) is 0 Å². The maximum Gasteiger partial charge on any atom is 0.190 e. The second-order valence-corrected chi connectivity index (χ2v) is 4.93. The number of hydrogen-bond acceptors (Lipinski definition) is 7. The molecule has 6 nitrogen and oxygen atoms in total. The maximum atomic E-state index is 8.69. The molecule has 0 aromatic carbocycles. The average molecular weight is 286 g/mol. The summed E-state index contributed by atoms with van der Waals surface area (Å²) in [5.74, 6) is 0. The van der Waals surface area contributed by atoms with Crippen molar-refractivity contribution in [2.75, 3.05) is 25.7 Å². The van der Waals surface area contributed by atoms with Crippen LogP contribution >= 0.6 is 23.5 Å². The molecule has 8 heteroatoms. The molecule has 18 heavy (non-hydrogen) atoms. The lowest BCUT2D eigenvalue weighted by Crippen LogP contribution is -2.08. The quantitative estimate of drug-likeness (QED) is 0.370. The lowest BCUT2D eigenvalue weighted by atomic mass is 10.4. The lowest BCUT2D eigenvalue weighted by molar-refractivity contribution is 0.0439. The van der Waals surface area contributed by atoms with Gasteiger partial charge in [0.25, 0.3) is 0 Å². The fourth-order valence-electron chi connectivity index (χ4n) is 1.47. The molecule has 1 N–H and O–H groups in total. The topological polar surface area (TPSA) is 73.1 Å². The van der Waals surface area contributed by atoms with E-state index < -0.39 is 0 Å². The molecule has 0 fully saturated rings. The molecule has 0 aliphatic carbocycles. The van der Waals surface area contributed by atoms with Gasteiger partial charge in [-0.05, 0) is 12.5 Å². The van der Waals surface area contributed by atoms with Gasteiger partial charge >= 0.3 is 0 Å². The van der Waals surface area contributed by atoms with Crippen LogP contribution in [-0.2, 0) is 11.5 Å². The Morgan fingerprint density at radius 3 is 2.83 bits per heavy atom. The van der Waals surface area contributed by atoms with E-state index in [0.29, 0.717) is 0 Å². The smallest absolute Gasteiger partial charge is 0.190 e. The molecule has 2 heterocycles. The number of aromatic nitrogens is 4. The Hall–Kier alpha value is -0.830. The number of rotatable bonds is 6. The molecule has 0 saturated carbocycles. The first-order chi connectivity index (χ1) is 8.80. The first kappa shape index (κ1) is 13.6. The molecule has 0 bridgehead atoms. The average Bonchev–Trinajstić information content (AvgIpc) is 2.81. The van der Waals surface area contributed by atoms with Crippen LogP contribution in [0.1, 0.15) is 0 Å². The van der Waals surface area contributed by atoms with Crippen LogP contribution in [0.3, 0.4) is 0 Å². The van der Waals surface area contributed by atoms with E-state index in [9.17, 15) is 0 Å². The molecule has 2 rings (SSSR count). The lowest BCUT2D eigenvalue weighted by Gasteiger charge is -2.05. The number of ether oxygens (including phenoxy) is 1. The summed E-state index contributed by atoms with van der Waals surface area (Å²) in [5, 5.41) is 15.5. The van der Waals surface area contributed by atoms with Crippen LogP contribution in [-0.4, -0.2) is 50.6 Å². The van der Waals surface area contributed by atoms with Gasteiger partial charge in [-0.25, -0.2) is 14.6 Å². The van der Waals surface area contributed by atoms with Crippen molar-refractivity contribution in [1.82, 2.24) is 19.7 Å². The Labute approximate surface area is 113 Å². The van der Waals surface area contributed by atoms with E-state index in [1.807, 2.05) is 12.5 Å². The Balaban J connectivity index is 2.37. The normalized spacial score (nSPS) is 11.3. The van der Waals surface area contributed by atoms with Crippen molar-refractivity contribution >= 4 is 34.6 Å². The third-order valence-corrected chi connectivity index (χ3v) is 3.51. The minimum absolute atomic E-state index is 0.000306. The molecule has 0 spiro atoms. The Morgan fingerprint density at radius 2 is 2.17 bits per heavy atom. The van der Waals surface area contributed by atoms with E-state index in [0.717, 1.165) is 21.2 Å². The summed E-state index contributed by atoms with van der Waals surface area (Å²) in [6, 6.07) is 0. The van der Waals surface area contributed by atoms with Gasteiger partial charge < -0.3 is 9.84 Å².